The van der Waals surface area contributed by atoms with Gasteiger partial charge in [-0.2, -0.15) is 0 Å². The van der Waals surface area contributed by atoms with Gasteiger partial charge in [-0.3, -0.25) is 4.79 Å². The highest BCUT2D eigenvalue weighted by atomic mass is 16.5. The summed E-state index contributed by atoms with van der Waals surface area (Å²) in [5.74, 6) is 0.670. The van der Waals surface area contributed by atoms with Gasteiger partial charge in [0.25, 0.3) is 5.91 Å². The highest BCUT2D eigenvalue weighted by Gasteiger charge is 2.26. The lowest BCUT2D eigenvalue weighted by Crippen LogP contribution is -2.38. The molecule has 1 atom stereocenters. The fourth-order valence-corrected chi connectivity index (χ4v) is 4.26. The highest BCUT2D eigenvalue weighted by molar-refractivity contribution is 5.95. The van der Waals surface area contributed by atoms with E-state index < -0.39 is 0 Å². The first-order chi connectivity index (χ1) is 15.8. The molecule has 1 N–H and O–H groups in total. The molecule has 0 saturated carbocycles. The number of benzene rings is 2. The zero-order chi connectivity index (χ0) is 21.8. The molecule has 2 aromatic carbocycles. The highest BCUT2D eigenvalue weighted by Crippen LogP contribution is 2.22. The first-order valence-corrected chi connectivity index (χ1v) is 11.1. The monoisotopic (exact) mass is 429 g/mol. The van der Waals surface area contributed by atoms with Crippen LogP contribution < -0.4 is 15.1 Å². The number of hydrogen-bond donors (Lipinski definition) is 1. The third kappa shape index (κ3) is 4.57. The second kappa shape index (κ2) is 9.36. The van der Waals surface area contributed by atoms with Crippen molar-refractivity contribution in [1.29, 1.82) is 0 Å². The van der Waals surface area contributed by atoms with E-state index in [1.54, 1.807) is 6.20 Å². The number of nitrogens with zero attached hydrogens (tertiary/aromatic N) is 4. The van der Waals surface area contributed by atoms with Crippen molar-refractivity contribution in [3.8, 4) is 11.3 Å². The molecule has 0 bridgehead atoms. The molecule has 5 rings (SSSR count). The summed E-state index contributed by atoms with van der Waals surface area (Å²) >= 11 is 0. The van der Waals surface area contributed by atoms with Crippen LogP contribution in [0.3, 0.4) is 0 Å². The number of anilines is 2. The molecule has 7 heteroatoms. The molecule has 2 aliphatic rings. The van der Waals surface area contributed by atoms with Gasteiger partial charge in [-0.25, -0.2) is 9.97 Å². The Morgan fingerprint density at radius 1 is 0.969 bits per heavy atom. The number of rotatable bonds is 5. The van der Waals surface area contributed by atoms with E-state index in [0.717, 1.165) is 56.2 Å². The summed E-state index contributed by atoms with van der Waals surface area (Å²) < 4.78 is 5.43. The average Bonchev–Trinajstić information content (AvgIpc) is 3.34. The van der Waals surface area contributed by atoms with Crippen LogP contribution in [0.15, 0.2) is 66.9 Å². The molecule has 2 fully saturated rings. The van der Waals surface area contributed by atoms with Crippen molar-refractivity contribution in [2.24, 2.45) is 0 Å². The van der Waals surface area contributed by atoms with Gasteiger partial charge in [-0.15, -0.1) is 0 Å². The first kappa shape index (κ1) is 20.5. The number of amides is 1. The summed E-state index contributed by atoms with van der Waals surface area (Å²) in [6.45, 7) is 4.67. The molecule has 3 heterocycles. The van der Waals surface area contributed by atoms with Gasteiger partial charge in [0.2, 0.25) is 5.95 Å². The normalized spacial score (nSPS) is 18.6. The van der Waals surface area contributed by atoms with Gasteiger partial charge in [0.1, 0.15) is 0 Å². The van der Waals surface area contributed by atoms with Crippen LogP contribution in [0.25, 0.3) is 11.3 Å². The zero-order valence-electron chi connectivity index (χ0n) is 18.0. The predicted molar refractivity (Wildman–Crippen MR) is 125 cm³/mol. The number of carbonyl (C=O) groups excluding carboxylic acids is 1. The van der Waals surface area contributed by atoms with E-state index in [0.29, 0.717) is 18.1 Å². The fourth-order valence-electron chi connectivity index (χ4n) is 4.26. The number of nitrogens with one attached hydrogen (secondary N) is 1. The predicted octanol–water partition coefficient (Wildman–Crippen LogP) is 2.99. The van der Waals surface area contributed by atoms with Gasteiger partial charge in [-0.1, -0.05) is 36.4 Å². The van der Waals surface area contributed by atoms with Crippen molar-refractivity contribution in [1.82, 2.24) is 15.3 Å². The summed E-state index contributed by atoms with van der Waals surface area (Å²) in [6.07, 6.45) is 2.67. The van der Waals surface area contributed by atoms with Crippen molar-refractivity contribution in [2.75, 3.05) is 49.2 Å². The quantitative estimate of drug-likeness (QED) is 0.672. The summed E-state index contributed by atoms with van der Waals surface area (Å²) in [7, 11) is 0. The third-order valence-electron chi connectivity index (χ3n) is 6.00. The van der Waals surface area contributed by atoms with Crippen LogP contribution in [0.2, 0.25) is 0 Å². The fraction of sp³-hybridized carbons (Fsp3) is 0.320. The lowest BCUT2D eigenvalue weighted by molar-refractivity contribution is 0.0940. The number of ether oxygens (including phenoxy) is 1. The van der Waals surface area contributed by atoms with Crippen LogP contribution in [0.5, 0.6) is 0 Å². The van der Waals surface area contributed by atoms with Crippen LogP contribution in [0.4, 0.5) is 11.6 Å². The SMILES string of the molecule is O=C(NC1CCN(c2nccc(-c3ccccc3)n2)C1)c1cccc(N2CCOCC2)c1. The van der Waals surface area contributed by atoms with Gasteiger partial charge in [0.05, 0.1) is 18.9 Å². The minimum Gasteiger partial charge on any atom is -0.378 e. The molecule has 1 amide bonds. The van der Waals surface area contributed by atoms with Crippen molar-refractivity contribution in [3.63, 3.8) is 0 Å². The number of hydrogen-bond acceptors (Lipinski definition) is 6. The summed E-state index contributed by atoms with van der Waals surface area (Å²) in [5.41, 5.74) is 3.73. The number of aromatic nitrogens is 2. The van der Waals surface area contributed by atoms with Gasteiger partial charge >= 0.3 is 0 Å². The molecule has 7 nitrogen and oxygen atoms in total. The van der Waals surface area contributed by atoms with Gasteiger partial charge in [0.15, 0.2) is 0 Å². The minimum atomic E-state index is -0.0362. The molecule has 1 aromatic heterocycles. The summed E-state index contributed by atoms with van der Waals surface area (Å²) in [4.78, 5) is 26.5. The van der Waals surface area contributed by atoms with E-state index in [1.165, 1.54) is 0 Å². The average molecular weight is 430 g/mol. The number of carbonyl (C=O) groups is 1. The standard InChI is InChI=1S/C25H27N5O2/c31-24(20-7-4-8-22(17-20)29-13-15-32-16-14-29)27-21-10-12-30(18-21)25-26-11-9-23(28-25)19-5-2-1-3-6-19/h1-9,11,17,21H,10,12-16,18H2,(H,27,31). The first-order valence-electron chi connectivity index (χ1n) is 11.1. The maximum atomic E-state index is 12.9. The smallest absolute Gasteiger partial charge is 0.251 e. The molecule has 164 valence electrons. The van der Waals surface area contributed by atoms with E-state index in [9.17, 15) is 4.79 Å². The topological polar surface area (TPSA) is 70.6 Å². The van der Waals surface area contributed by atoms with Crippen LogP contribution >= 0.6 is 0 Å². The lowest BCUT2D eigenvalue weighted by Gasteiger charge is -2.29. The second-order valence-electron chi connectivity index (χ2n) is 8.16. The minimum absolute atomic E-state index is 0.0362. The molecule has 0 aliphatic carbocycles. The summed E-state index contributed by atoms with van der Waals surface area (Å²) in [6, 6.07) is 19.9. The van der Waals surface area contributed by atoms with Gasteiger partial charge in [-0.05, 0) is 30.7 Å². The van der Waals surface area contributed by atoms with E-state index in [2.05, 4.69) is 26.2 Å². The lowest BCUT2D eigenvalue weighted by atomic mass is 10.1. The Hall–Kier alpha value is -3.45. The molecule has 3 aromatic rings. The molecule has 32 heavy (non-hydrogen) atoms. The van der Waals surface area contributed by atoms with Crippen molar-refractivity contribution in [2.45, 2.75) is 12.5 Å². The molecular formula is C25H27N5O2. The molecule has 2 saturated heterocycles. The van der Waals surface area contributed by atoms with Gasteiger partial charge < -0.3 is 19.9 Å². The van der Waals surface area contributed by atoms with Crippen LogP contribution in [-0.2, 0) is 4.74 Å². The van der Waals surface area contributed by atoms with Crippen molar-refractivity contribution < 1.29 is 9.53 Å². The second-order valence-corrected chi connectivity index (χ2v) is 8.16. The van der Waals surface area contributed by atoms with E-state index in [-0.39, 0.29) is 11.9 Å². The Morgan fingerprint density at radius 3 is 2.66 bits per heavy atom. The van der Waals surface area contributed by atoms with Crippen LogP contribution in [-0.4, -0.2) is 61.3 Å². The molecule has 2 aliphatic heterocycles. The Morgan fingerprint density at radius 2 is 1.81 bits per heavy atom. The number of morpholine rings is 1. The van der Waals surface area contributed by atoms with Crippen LogP contribution in [0, 0.1) is 0 Å². The Bertz CT molecular complexity index is 1070. The van der Waals surface area contributed by atoms with E-state index in [1.807, 2.05) is 54.6 Å². The van der Waals surface area contributed by atoms with Gasteiger partial charge in [0, 0.05) is 55.2 Å². The van der Waals surface area contributed by atoms with Crippen molar-refractivity contribution >= 4 is 17.5 Å². The maximum Gasteiger partial charge on any atom is 0.251 e. The molecule has 0 radical (unpaired) electrons. The molecule has 0 spiro atoms. The Kier molecular flexibility index (Phi) is 5.98. The van der Waals surface area contributed by atoms with E-state index in [4.69, 9.17) is 9.72 Å². The molecular weight excluding hydrogens is 402 g/mol. The Labute approximate surface area is 188 Å². The molecule has 1 unspecified atom stereocenters. The zero-order valence-corrected chi connectivity index (χ0v) is 18.0. The largest absolute Gasteiger partial charge is 0.378 e. The Balaban J connectivity index is 1.22. The maximum absolute atomic E-state index is 12.9. The summed E-state index contributed by atoms with van der Waals surface area (Å²) in [5, 5.41) is 3.19. The van der Waals surface area contributed by atoms with E-state index >= 15 is 0 Å². The third-order valence-corrected chi connectivity index (χ3v) is 6.00. The van der Waals surface area contributed by atoms with Crippen molar-refractivity contribution in [3.05, 3.63) is 72.4 Å². The van der Waals surface area contributed by atoms with Crippen LogP contribution in [0.1, 0.15) is 16.8 Å².